The molecule has 7 N–H and O–H groups in total. The van der Waals surface area contributed by atoms with Gasteiger partial charge in [0.2, 0.25) is 5.13 Å². The molecule has 0 spiro atoms. The van der Waals surface area contributed by atoms with Crippen LogP contribution in [0.1, 0.15) is 24.3 Å². The number of aryl methyl sites for hydroxylation is 1. The van der Waals surface area contributed by atoms with E-state index in [0.29, 0.717) is 0 Å². The molecule has 0 saturated carbocycles. The van der Waals surface area contributed by atoms with Gasteiger partial charge in [0.25, 0.3) is 0 Å². The highest BCUT2D eigenvalue weighted by atomic mass is 32.1. The van der Waals surface area contributed by atoms with Crippen molar-refractivity contribution < 1.29 is 0 Å². The number of hydrogen-bond acceptors (Lipinski definition) is 7. The van der Waals surface area contributed by atoms with E-state index < -0.39 is 0 Å². The second-order valence-corrected chi connectivity index (χ2v) is 4.93. The molecule has 0 unspecified atom stereocenters. The predicted octanol–water partition coefficient (Wildman–Crippen LogP) is 0.894. The summed E-state index contributed by atoms with van der Waals surface area (Å²) < 4.78 is 0. The maximum atomic E-state index is 5.80. The molecule has 0 radical (unpaired) electrons. The lowest BCUT2D eigenvalue weighted by molar-refractivity contribution is 0.718. The van der Waals surface area contributed by atoms with Gasteiger partial charge in [-0.2, -0.15) is 0 Å². The summed E-state index contributed by atoms with van der Waals surface area (Å²) in [7, 11) is 1.84. The molecule has 0 aromatic carbocycles. The summed E-state index contributed by atoms with van der Waals surface area (Å²) in [5.74, 6) is 0.270. The average molecular weight is 268 g/mol. The summed E-state index contributed by atoms with van der Waals surface area (Å²) in [6.45, 7) is 0. The molecule has 0 fully saturated rings. The van der Waals surface area contributed by atoms with E-state index in [-0.39, 0.29) is 5.82 Å². The van der Waals surface area contributed by atoms with Crippen molar-refractivity contribution in [1.29, 1.82) is 0 Å². The van der Waals surface area contributed by atoms with Gasteiger partial charge in [0.1, 0.15) is 5.01 Å². The molecule has 1 aromatic heterocycles. The Labute approximate surface area is 111 Å². The molecule has 0 aliphatic rings. The fraction of sp³-hybridized carbons (Fsp3) is 0.455. The number of nitrogens with one attached hydrogen (secondary N) is 1. The van der Waals surface area contributed by atoms with Crippen molar-refractivity contribution >= 4 is 16.5 Å². The lowest BCUT2D eigenvalue weighted by atomic mass is 10.1. The van der Waals surface area contributed by atoms with Gasteiger partial charge in [-0.15, -0.1) is 10.2 Å². The largest absolute Gasteiger partial charge is 0.402 e. The zero-order valence-corrected chi connectivity index (χ0v) is 11.3. The molecule has 0 bridgehead atoms. The van der Waals surface area contributed by atoms with Crippen molar-refractivity contribution in [3.63, 3.8) is 0 Å². The van der Waals surface area contributed by atoms with Gasteiger partial charge in [-0.3, -0.25) is 0 Å². The maximum absolute atomic E-state index is 5.80. The molecule has 0 aliphatic heterocycles. The van der Waals surface area contributed by atoms with Crippen LogP contribution in [0.3, 0.4) is 0 Å². The molecule has 0 saturated heterocycles. The van der Waals surface area contributed by atoms with Crippen LogP contribution in [0.5, 0.6) is 0 Å². The van der Waals surface area contributed by atoms with E-state index in [1.165, 1.54) is 0 Å². The van der Waals surface area contributed by atoms with Gasteiger partial charge in [-0.05, 0) is 31.4 Å². The van der Waals surface area contributed by atoms with Crippen molar-refractivity contribution in [3.05, 3.63) is 28.7 Å². The minimum Gasteiger partial charge on any atom is -0.402 e. The summed E-state index contributed by atoms with van der Waals surface area (Å²) >= 11 is 1.58. The predicted molar refractivity (Wildman–Crippen MR) is 75.7 cm³/mol. The summed E-state index contributed by atoms with van der Waals surface area (Å²) in [6.07, 6.45) is 7.17. The number of aromatic nitrogens is 2. The third-order valence-electron chi connectivity index (χ3n) is 2.28. The fourth-order valence-electron chi connectivity index (χ4n) is 1.35. The summed E-state index contributed by atoms with van der Waals surface area (Å²) in [6, 6.07) is 0. The van der Waals surface area contributed by atoms with Crippen LogP contribution >= 0.6 is 11.3 Å². The van der Waals surface area contributed by atoms with Gasteiger partial charge in [-0.25, -0.2) is 0 Å². The Hall–Kier alpha value is -1.76. The van der Waals surface area contributed by atoms with Crippen molar-refractivity contribution in [2.45, 2.75) is 25.7 Å². The van der Waals surface area contributed by atoms with Crippen LogP contribution in [-0.4, -0.2) is 17.2 Å². The molecule has 1 rings (SSSR count). The van der Waals surface area contributed by atoms with Gasteiger partial charge in [0, 0.05) is 19.2 Å². The van der Waals surface area contributed by atoms with E-state index >= 15 is 0 Å². The monoisotopic (exact) mass is 268 g/mol. The van der Waals surface area contributed by atoms with E-state index in [4.69, 9.17) is 17.2 Å². The molecular weight excluding hydrogens is 248 g/mol. The van der Waals surface area contributed by atoms with Crippen LogP contribution in [-0.2, 0) is 6.42 Å². The molecule has 0 atom stereocenters. The lowest BCUT2D eigenvalue weighted by Gasteiger charge is -1.99. The van der Waals surface area contributed by atoms with E-state index in [0.717, 1.165) is 41.5 Å². The molecule has 18 heavy (non-hydrogen) atoms. The van der Waals surface area contributed by atoms with Gasteiger partial charge in [0.15, 0.2) is 0 Å². The Morgan fingerprint density at radius 2 is 2.00 bits per heavy atom. The highest BCUT2D eigenvalue weighted by Gasteiger charge is 2.01. The fourth-order valence-corrected chi connectivity index (χ4v) is 2.08. The van der Waals surface area contributed by atoms with Crippen molar-refractivity contribution in [1.82, 2.24) is 10.2 Å². The zero-order valence-electron chi connectivity index (χ0n) is 10.5. The second kappa shape index (κ2) is 7.54. The van der Waals surface area contributed by atoms with E-state index in [2.05, 4.69) is 15.5 Å². The first-order valence-electron chi connectivity index (χ1n) is 5.79. The number of unbranched alkanes of at least 4 members (excludes halogenated alkanes) is 1. The molecule has 6 nitrogen and oxygen atoms in total. The third kappa shape index (κ3) is 5.53. The maximum Gasteiger partial charge on any atom is 0.205 e. The Morgan fingerprint density at radius 3 is 2.61 bits per heavy atom. The van der Waals surface area contributed by atoms with Gasteiger partial charge >= 0.3 is 0 Å². The van der Waals surface area contributed by atoms with E-state index in [9.17, 15) is 0 Å². The second-order valence-electron chi connectivity index (χ2n) is 3.87. The standard InChI is InChI=1S/C11H20N6S/c1-15-11-17-16-10(18-11)5-3-2-4-8(12)6-7-9(13)14/h6-7H,2-5,12-14H2,1H3,(H,15,17)/b8-6-. The van der Waals surface area contributed by atoms with Crippen LogP contribution in [0.2, 0.25) is 0 Å². The first-order valence-corrected chi connectivity index (χ1v) is 6.61. The molecule has 100 valence electrons. The summed E-state index contributed by atoms with van der Waals surface area (Å²) in [5, 5.41) is 12.9. The molecule has 7 heteroatoms. The average Bonchev–Trinajstić information content (AvgIpc) is 2.80. The topological polar surface area (TPSA) is 116 Å². The van der Waals surface area contributed by atoms with Crippen molar-refractivity contribution in [3.8, 4) is 0 Å². The Balaban J connectivity index is 2.22. The quantitative estimate of drug-likeness (QED) is 0.431. The number of rotatable bonds is 7. The third-order valence-corrected chi connectivity index (χ3v) is 3.28. The normalized spacial score (nSPS) is 11.3. The first-order chi connectivity index (χ1) is 8.61. The Bertz CT molecular complexity index is 419. The molecule has 1 aromatic rings. The minimum absolute atomic E-state index is 0.270. The van der Waals surface area contributed by atoms with Crippen LogP contribution in [0.25, 0.3) is 0 Å². The lowest BCUT2D eigenvalue weighted by Crippen LogP contribution is -2.07. The van der Waals surface area contributed by atoms with Crippen molar-refractivity contribution in [2.75, 3.05) is 12.4 Å². The number of hydrogen-bond donors (Lipinski definition) is 4. The van der Waals surface area contributed by atoms with E-state index in [1.807, 2.05) is 7.05 Å². The Morgan fingerprint density at radius 1 is 1.22 bits per heavy atom. The molecule has 0 aliphatic carbocycles. The van der Waals surface area contributed by atoms with E-state index in [1.54, 1.807) is 23.5 Å². The van der Waals surface area contributed by atoms with Gasteiger partial charge in [-0.1, -0.05) is 11.3 Å². The summed E-state index contributed by atoms with van der Waals surface area (Å²) in [4.78, 5) is 0. The molecular formula is C11H20N6S. The van der Waals surface area contributed by atoms with Gasteiger partial charge in [0.05, 0.1) is 5.82 Å². The van der Waals surface area contributed by atoms with Crippen LogP contribution in [0.4, 0.5) is 5.13 Å². The first kappa shape index (κ1) is 14.3. The zero-order chi connectivity index (χ0) is 13.4. The number of nitrogens with zero attached hydrogens (tertiary/aromatic N) is 2. The van der Waals surface area contributed by atoms with Crippen LogP contribution < -0.4 is 22.5 Å². The van der Waals surface area contributed by atoms with Crippen LogP contribution in [0, 0.1) is 0 Å². The smallest absolute Gasteiger partial charge is 0.205 e. The van der Waals surface area contributed by atoms with Crippen molar-refractivity contribution in [2.24, 2.45) is 17.2 Å². The Kier molecular flexibility index (Phi) is 5.99. The van der Waals surface area contributed by atoms with Crippen LogP contribution in [0.15, 0.2) is 23.7 Å². The minimum atomic E-state index is 0.270. The number of anilines is 1. The molecule has 0 amide bonds. The number of nitrogens with two attached hydrogens (primary N) is 3. The highest BCUT2D eigenvalue weighted by Crippen LogP contribution is 2.16. The SMILES string of the molecule is CNc1nnc(CCCC/C(N)=C/C=C(N)N)s1. The summed E-state index contributed by atoms with van der Waals surface area (Å²) in [5.41, 5.74) is 17.2. The van der Waals surface area contributed by atoms with Gasteiger partial charge < -0.3 is 22.5 Å². The number of allylic oxidation sites excluding steroid dienone is 3. The molecule has 1 heterocycles. The highest BCUT2D eigenvalue weighted by molar-refractivity contribution is 7.15.